The zero-order valence-corrected chi connectivity index (χ0v) is 15.7. The average molecular weight is 382 g/mol. The number of halogens is 1. The molecule has 3 rings (SSSR count). The van der Waals surface area contributed by atoms with Crippen LogP contribution in [0.25, 0.3) is 0 Å². The van der Waals surface area contributed by atoms with E-state index in [4.69, 9.17) is 21.1 Å². The lowest BCUT2D eigenvalue weighted by Crippen LogP contribution is -2.30. The molecule has 1 atom stereocenters. The van der Waals surface area contributed by atoms with E-state index in [1.807, 2.05) is 12.1 Å². The fourth-order valence-corrected chi connectivity index (χ4v) is 5.17. The van der Waals surface area contributed by atoms with Crippen molar-refractivity contribution in [2.24, 2.45) is 0 Å². The molecule has 134 valence electrons. The SMILES string of the molecule is COc1ccc(C2CCCN2S(=O)(=O)c2cccc(Cl)c2)cc1OC. The van der Waals surface area contributed by atoms with E-state index in [0.29, 0.717) is 23.1 Å². The summed E-state index contributed by atoms with van der Waals surface area (Å²) in [6.45, 7) is 0.480. The number of ether oxygens (including phenoxy) is 2. The molecule has 1 unspecified atom stereocenters. The molecule has 5 nitrogen and oxygen atoms in total. The van der Waals surface area contributed by atoms with Crippen molar-refractivity contribution in [1.29, 1.82) is 0 Å². The molecule has 1 fully saturated rings. The predicted octanol–water partition coefficient (Wildman–Crippen LogP) is 3.88. The van der Waals surface area contributed by atoms with Gasteiger partial charge in [0.15, 0.2) is 11.5 Å². The minimum Gasteiger partial charge on any atom is -0.493 e. The van der Waals surface area contributed by atoms with Gasteiger partial charge in [0.1, 0.15) is 0 Å². The Bertz CT molecular complexity index is 869. The lowest BCUT2D eigenvalue weighted by Gasteiger charge is -2.25. The molecule has 2 aromatic rings. The van der Waals surface area contributed by atoms with Gasteiger partial charge in [-0.05, 0) is 48.7 Å². The van der Waals surface area contributed by atoms with Crippen molar-refractivity contribution in [2.75, 3.05) is 20.8 Å². The molecule has 0 spiro atoms. The Morgan fingerprint density at radius 1 is 1.08 bits per heavy atom. The van der Waals surface area contributed by atoms with Crippen LogP contribution in [0.4, 0.5) is 0 Å². The summed E-state index contributed by atoms with van der Waals surface area (Å²) in [5, 5.41) is 0.405. The highest BCUT2D eigenvalue weighted by Gasteiger charge is 2.36. The normalized spacial score (nSPS) is 18.3. The first-order chi connectivity index (χ1) is 12.0. The summed E-state index contributed by atoms with van der Waals surface area (Å²) in [6, 6.07) is 11.7. The number of methoxy groups -OCH3 is 2. The van der Waals surface area contributed by atoms with Crippen LogP contribution in [0.1, 0.15) is 24.4 Å². The van der Waals surface area contributed by atoms with Crippen LogP contribution >= 0.6 is 11.6 Å². The molecular formula is C18H20ClNO4S. The van der Waals surface area contributed by atoms with Gasteiger partial charge in [0.2, 0.25) is 10.0 Å². The fourth-order valence-electron chi connectivity index (χ4n) is 3.18. The molecule has 1 saturated heterocycles. The first kappa shape index (κ1) is 18.0. The zero-order chi connectivity index (χ0) is 18.0. The van der Waals surface area contributed by atoms with E-state index >= 15 is 0 Å². The van der Waals surface area contributed by atoms with E-state index < -0.39 is 10.0 Å². The maximum absolute atomic E-state index is 13.1. The van der Waals surface area contributed by atoms with E-state index in [1.165, 1.54) is 6.07 Å². The molecule has 25 heavy (non-hydrogen) atoms. The molecule has 7 heteroatoms. The fraction of sp³-hybridized carbons (Fsp3) is 0.333. The summed E-state index contributed by atoms with van der Waals surface area (Å²) in [4.78, 5) is 0.215. The highest BCUT2D eigenvalue weighted by atomic mass is 35.5. The number of hydrogen-bond acceptors (Lipinski definition) is 4. The van der Waals surface area contributed by atoms with Gasteiger partial charge < -0.3 is 9.47 Å². The smallest absolute Gasteiger partial charge is 0.243 e. The minimum atomic E-state index is -3.62. The van der Waals surface area contributed by atoms with Crippen molar-refractivity contribution < 1.29 is 17.9 Å². The number of sulfonamides is 1. The van der Waals surface area contributed by atoms with Gasteiger partial charge in [0.25, 0.3) is 0 Å². The van der Waals surface area contributed by atoms with Crippen molar-refractivity contribution in [2.45, 2.75) is 23.8 Å². The van der Waals surface area contributed by atoms with Gasteiger partial charge in [-0.25, -0.2) is 8.42 Å². The minimum absolute atomic E-state index is 0.215. The van der Waals surface area contributed by atoms with Gasteiger partial charge in [-0.1, -0.05) is 23.7 Å². The second-order valence-corrected chi connectivity index (χ2v) is 8.17. The Morgan fingerprint density at radius 2 is 1.84 bits per heavy atom. The summed E-state index contributed by atoms with van der Waals surface area (Å²) in [6.07, 6.45) is 1.56. The first-order valence-corrected chi connectivity index (χ1v) is 9.78. The summed E-state index contributed by atoms with van der Waals surface area (Å²) in [5.74, 6) is 1.21. The van der Waals surface area contributed by atoms with Gasteiger partial charge in [0.05, 0.1) is 25.2 Å². The molecule has 0 aromatic heterocycles. The van der Waals surface area contributed by atoms with Crippen molar-refractivity contribution in [1.82, 2.24) is 4.31 Å². The zero-order valence-electron chi connectivity index (χ0n) is 14.1. The van der Waals surface area contributed by atoms with E-state index in [2.05, 4.69) is 0 Å². The molecule has 0 saturated carbocycles. The third-order valence-electron chi connectivity index (χ3n) is 4.40. The number of hydrogen-bond donors (Lipinski definition) is 0. The molecule has 0 radical (unpaired) electrons. The Balaban J connectivity index is 1.98. The summed E-state index contributed by atoms with van der Waals surface area (Å²) >= 11 is 5.97. The largest absolute Gasteiger partial charge is 0.493 e. The summed E-state index contributed by atoms with van der Waals surface area (Å²) in [5.41, 5.74) is 0.890. The third-order valence-corrected chi connectivity index (χ3v) is 6.54. The second kappa shape index (κ2) is 7.23. The average Bonchev–Trinajstić information content (AvgIpc) is 3.11. The highest BCUT2D eigenvalue weighted by Crippen LogP contribution is 2.39. The predicted molar refractivity (Wildman–Crippen MR) is 96.9 cm³/mol. The van der Waals surface area contributed by atoms with Crippen LogP contribution in [0.15, 0.2) is 47.4 Å². The van der Waals surface area contributed by atoms with Gasteiger partial charge in [-0.3, -0.25) is 0 Å². The Labute approximate surface area is 153 Å². The molecule has 1 aliphatic heterocycles. The highest BCUT2D eigenvalue weighted by molar-refractivity contribution is 7.89. The quantitative estimate of drug-likeness (QED) is 0.788. The van der Waals surface area contributed by atoms with Crippen molar-refractivity contribution in [3.05, 3.63) is 53.1 Å². The van der Waals surface area contributed by atoms with Crippen molar-refractivity contribution in [3.8, 4) is 11.5 Å². The van der Waals surface area contributed by atoms with E-state index in [-0.39, 0.29) is 10.9 Å². The Morgan fingerprint density at radius 3 is 2.52 bits per heavy atom. The maximum atomic E-state index is 13.1. The standard InChI is InChI=1S/C18H20ClNO4S/c1-23-17-9-8-13(11-18(17)24-2)16-7-4-10-20(16)25(21,22)15-6-3-5-14(19)12-15/h3,5-6,8-9,11-12,16H,4,7,10H2,1-2H3. The van der Waals surface area contributed by atoms with E-state index in [9.17, 15) is 8.42 Å². The number of rotatable bonds is 5. The van der Waals surface area contributed by atoms with Gasteiger partial charge in [-0.2, -0.15) is 4.31 Å². The summed E-state index contributed by atoms with van der Waals surface area (Å²) < 4.78 is 38.3. The molecule has 1 heterocycles. The lowest BCUT2D eigenvalue weighted by molar-refractivity contribution is 0.351. The van der Waals surface area contributed by atoms with E-state index in [1.54, 1.807) is 42.8 Å². The van der Waals surface area contributed by atoms with Gasteiger partial charge in [-0.15, -0.1) is 0 Å². The first-order valence-electron chi connectivity index (χ1n) is 7.96. The van der Waals surface area contributed by atoms with Crippen LogP contribution in [-0.4, -0.2) is 33.5 Å². The molecule has 0 aliphatic carbocycles. The summed E-state index contributed by atoms with van der Waals surface area (Å²) in [7, 11) is -0.478. The molecule has 0 N–H and O–H groups in total. The van der Waals surface area contributed by atoms with Gasteiger partial charge in [0, 0.05) is 11.6 Å². The number of nitrogens with zero attached hydrogens (tertiary/aromatic N) is 1. The molecule has 0 amide bonds. The van der Waals surface area contributed by atoms with E-state index in [0.717, 1.165) is 18.4 Å². The van der Waals surface area contributed by atoms with Gasteiger partial charge >= 0.3 is 0 Å². The lowest BCUT2D eigenvalue weighted by atomic mass is 10.0. The van der Waals surface area contributed by atoms with Crippen LogP contribution in [0.5, 0.6) is 11.5 Å². The maximum Gasteiger partial charge on any atom is 0.243 e. The Hall–Kier alpha value is -1.76. The monoisotopic (exact) mass is 381 g/mol. The molecular weight excluding hydrogens is 362 g/mol. The molecule has 2 aromatic carbocycles. The Kier molecular flexibility index (Phi) is 5.22. The van der Waals surface area contributed by atoms with Crippen molar-refractivity contribution in [3.63, 3.8) is 0 Å². The van der Waals surface area contributed by atoms with Crippen LogP contribution in [0.2, 0.25) is 5.02 Å². The van der Waals surface area contributed by atoms with Crippen molar-refractivity contribution >= 4 is 21.6 Å². The van der Waals surface area contributed by atoms with Crippen LogP contribution in [0, 0.1) is 0 Å². The number of benzene rings is 2. The second-order valence-electron chi connectivity index (χ2n) is 5.85. The van der Waals surface area contributed by atoms with Crippen LogP contribution in [-0.2, 0) is 10.0 Å². The molecule has 1 aliphatic rings. The van der Waals surface area contributed by atoms with Crippen LogP contribution in [0.3, 0.4) is 0 Å². The molecule has 0 bridgehead atoms. The topological polar surface area (TPSA) is 55.8 Å². The van der Waals surface area contributed by atoms with Crippen LogP contribution < -0.4 is 9.47 Å². The third kappa shape index (κ3) is 3.47.